The number of carbonyl (C=O) groups excluding carboxylic acids is 2. The van der Waals surface area contributed by atoms with Gasteiger partial charge in [-0.3, -0.25) is 14.4 Å². The van der Waals surface area contributed by atoms with E-state index in [1.54, 1.807) is 11.8 Å². The van der Waals surface area contributed by atoms with E-state index in [0.717, 1.165) is 17.7 Å². The van der Waals surface area contributed by atoms with Gasteiger partial charge in [-0.05, 0) is 60.0 Å². The molecule has 0 saturated carbocycles. The van der Waals surface area contributed by atoms with Crippen LogP contribution in [-0.4, -0.2) is 74.7 Å². The molecule has 3 unspecified atom stereocenters. The fraction of sp³-hybridized carbons (Fsp3) is 0.667. The molecule has 1 aliphatic rings. The normalized spacial score (nSPS) is 18.2. The Morgan fingerprint density at radius 3 is 2.41 bits per heavy atom. The molecule has 0 fully saturated rings. The summed E-state index contributed by atoms with van der Waals surface area (Å²) >= 11 is 1.54. The number of hydrogen-bond donors (Lipinski definition) is 6. The molecule has 0 aliphatic heterocycles. The summed E-state index contributed by atoms with van der Waals surface area (Å²) in [6.45, 7) is 6.21. The van der Waals surface area contributed by atoms with Crippen molar-refractivity contribution in [2.45, 2.75) is 70.8 Å². The van der Waals surface area contributed by atoms with Crippen LogP contribution in [0.15, 0.2) is 6.07 Å². The highest BCUT2D eigenvalue weighted by Crippen LogP contribution is 2.41. The number of carboxylic acid groups (broad SMARTS) is 1. The maximum atomic E-state index is 13.3. The highest BCUT2D eigenvalue weighted by Gasteiger charge is 2.45. The Labute approximate surface area is 222 Å². The van der Waals surface area contributed by atoms with Crippen molar-refractivity contribution < 1.29 is 39.9 Å². The molecule has 1 aromatic carbocycles. The maximum absolute atomic E-state index is 13.3. The average Bonchev–Trinajstić information content (AvgIpc) is 2.79. The van der Waals surface area contributed by atoms with Crippen molar-refractivity contribution in [3.63, 3.8) is 0 Å². The number of aliphatic carboxylic acids is 1. The molecule has 37 heavy (non-hydrogen) atoms. The van der Waals surface area contributed by atoms with Crippen molar-refractivity contribution >= 4 is 29.3 Å². The van der Waals surface area contributed by atoms with Crippen molar-refractivity contribution in [2.75, 3.05) is 26.0 Å². The van der Waals surface area contributed by atoms with Crippen molar-refractivity contribution in [2.24, 2.45) is 17.3 Å². The summed E-state index contributed by atoms with van der Waals surface area (Å²) < 4.78 is 0. The zero-order valence-corrected chi connectivity index (χ0v) is 23.0. The van der Waals surface area contributed by atoms with Gasteiger partial charge >= 0.3 is 5.97 Å². The standard InChI is InChI=1S/C27H41NO8S/c1-26(2,3)14-28-12-17-10-18(13-37-4)25(35)24-20(17)8-16(9-21(24)31)7-19(5-6-29)27(36,15-30)22(32)11-23(33)34/h10,16,19,28-30,35-36H,5-9,11-15H2,1-4H3,(H,33,34). The van der Waals surface area contributed by atoms with Crippen molar-refractivity contribution in [1.82, 2.24) is 5.32 Å². The topological polar surface area (TPSA) is 164 Å². The third-order valence-corrected chi connectivity index (χ3v) is 7.50. The van der Waals surface area contributed by atoms with Gasteiger partial charge in [0.2, 0.25) is 0 Å². The van der Waals surface area contributed by atoms with Gasteiger partial charge in [-0.2, -0.15) is 11.8 Å². The predicted molar refractivity (Wildman–Crippen MR) is 142 cm³/mol. The lowest BCUT2D eigenvalue weighted by Crippen LogP contribution is -2.51. The first-order valence-electron chi connectivity index (χ1n) is 12.6. The van der Waals surface area contributed by atoms with Crippen LogP contribution in [0.4, 0.5) is 0 Å². The van der Waals surface area contributed by atoms with Crippen LogP contribution >= 0.6 is 11.8 Å². The minimum absolute atomic E-state index is 0.0113. The second kappa shape index (κ2) is 13.2. The first kappa shape index (κ1) is 31.2. The Morgan fingerprint density at radius 2 is 1.86 bits per heavy atom. The molecular weight excluding hydrogens is 498 g/mol. The highest BCUT2D eigenvalue weighted by atomic mass is 32.2. The first-order valence-corrected chi connectivity index (χ1v) is 13.9. The van der Waals surface area contributed by atoms with Crippen molar-refractivity contribution in [3.8, 4) is 5.75 Å². The third kappa shape index (κ3) is 8.00. The first-order chi connectivity index (χ1) is 17.3. The van der Waals surface area contributed by atoms with E-state index in [9.17, 15) is 34.8 Å². The Kier molecular flexibility index (Phi) is 11.1. The number of carbonyl (C=O) groups is 3. The summed E-state index contributed by atoms with van der Waals surface area (Å²) in [6, 6.07) is 1.92. The summed E-state index contributed by atoms with van der Waals surface area (Å²) in [7, 11) is 0. The number of carboxylic acids is 1. The van der Waals surface area contributed by atoms with Gasteiger partial charge in [-0.1, -0.05) is 20.8 Å². The zero-order valence-electron chi connectivity index (χ0n) is 22.2. The van der Waals surface area contributed by atoms with Crippen LogP contribution in [0, 0.1) is 17.3 Å². The molecule has 0 aromatic heterocycles. The molecule has 1 aliphatic carbocycles. The Hall–Kier alpha value is -1.98. The van der Waals surface area contributed by atoms with Gasteiger partial charge in [-0.25, -0.2) is 0 Å². The lowest BCUT2D eigenvalue weighted by atomic mass is 9.71. The lowest BCUT2D eigenvalue weighted by Gasteiger charge is -2.36. The second-order valence-electron chi connectivity index (χ2n) is 11.2. The van der Waals surface area contributed by atoms with Gasteiger partial charge in [0.25, 0.3) is 0 Å². The number of nitrogens with one attached hydrogen (secondary N) is 1. The second-order valence-corrected chi connectivity index (χ2v) is 12.1. The Balaban J connectivity index is 2.42. The van der Waals surface area contributed by atoms with Crippen molar-refractivity contribution in [3.05, 3.63) is 28.3 Å². The molecule has 208 valence electrons. The van der Waals surface area contributed by atoms with Gasteiger partial charge in [0.15, 0.2) is 11.6 Å². The molecule has 6 N–H and O–H groups in total. The average molecular weight is 540 g/mol. The molecule has 9 nitrogen and oxygen atoms in total. The molecule has 1 aromatic rings. The van der Waals surface area contributed by atoms with Crippen LogP contribution in [0.25, 0.3) is 0 Å². The lowest BCUT2D eigenvalue weighted by molar-refractivity contribution is -0.156. The smallest absolute Gasteiger partial charge is 0.310 e. The van der Waals surface area contributed by atoms with Gasteiger partial charge in [0.1, 0.15) is 17.8 Å². The summed E-state index contributed by atoms with van der Waals surface area (Å²) in [5, 5.41) is 53.8. The molecule has 3 atom stereocenters. The van der Waals surface area contributed by atoms with Crippen LogP contribution in [0.5, 0.6) is 5.75 Å². The number of phenolic OH excluding ortho intramolecular Hbond substituents is 1. The van der Waals surface area contributed by atoms with E-state index >= 15 is 0 Å². The number of Topliss-reactive ketones (excluding diaryl/α,β-unsaturated/α-hetero) is 2. The SMILES string of the molecule is CSCc1cc(CNCC(C)(C)C)c2c(c1O)C(=O)CC(CC(CCO)C(O)(CO)C(=O)CC(=O)O)C2. The van der Waals surface area contributed by atoms with Crippen LogP contribution in [-0.2, 0) is 28.3 Å². The predicted octanol–water partition coefficient (Wildman–Crippen LogP) is 2.29. The van der Waals surface area contributed by atoms with E-state index in [1.165, 1.54) is 0 Å². The molecule has 0 bridgehead atoms. The molecule has 0 saturated heterocycles. The van der Waals surface area contributed by atoms with E-state index in [2.05, 4.69) is 26.1 Å². The molecule has 0 radical (unpaired) electrons. The number of phenols is 1. The number of ketones is 2. The largest absolute Gasteiger partial charge is 0.507 e. The minimum atomic E-state index is -2.34. The van der Waals surface area contributed by atoms with Gasteiger partial charge < -0.3 is 30.8 Å². The monoisotopic (exact) mass is 539 g/mol. The molecular formula is C27H41NO8S. The van der Waals surface area contributed by atoms with Crippen LogP contribution in [0.2, 0.25) is 0 Å². The van der Waals surface area contributed by atoms with E-state index in [4.69, 9.17) is 5.11 Å². The number of fused-ring (bicyclic) bond motifs is 1. The highest BCUT2D eigenvalue weighted by molar-refractivity contribution is 7.97. The third-order valence-electron chi connectivity index (χ3n) is 6.90. The maximum Gasteiger partial charge on any atom is 0.310 e. The Morgan fingerprint density at radius 1 is 1.19 bits per heavy atom. The number of rotatable bonds is 14. The summed E-state index contributed by atoms with van der Waals surface area (Å²) in [4.78, 5) is 36.9. The van der Waals surface area contributed by atoms with Crippen LogP contribution in [0.1, 0.15) is 73.5 Å². The number of hydrogen-bond acceptors (Lipinski definition) is 9. The number of benzene rings is 1. The van der Waals surface area contributed by atoms with Gasteiger partial charge in [0.05, 0.1) is 12.2 Å². The number of aliphatic hydroxyl groups excluding tert-OH is 2. The van der Waals surface area contributed by atoms with Crippen LogP contribution in [0.3, 0.4) is 0 Å². The van der Waals surface area contributed by atoms with E-state index in [0.29, 0.717) is 29.8 Å². The summed E-state index contributed by atoms with van der Waals surface area (Å²) in [6.07, 6.45) is 1.50. The number of thioether (sulfide) groups is 1. The fourth-order valence-electron chi connectivity index (χ4n) is 5.10. The Bertz CT molecular complexity index is 990. The van der Waals surface area contributed by atoms with E-state index < -0.39 is 36.3 Å². The molecule has 2 rings (SSSR count). The quantitative estimate of drug-likeness (QED) is 0.193. The minimum Gasteiger partial charge on any atom is -0.507 e. The summed E-state index contributed by atoms with van der Waals surface area (Å²) in [5.41, 5.74) is 0.332. The van der Waals surface area contributed by atoms with Crippen molar-refractivity contribution in [1.29, 1.82) is 0 Å². The molecule has 0 spiro atoms. The summed E-state index contributed by atoms with van der Waals surface area (Å²) in [5.74, 6) is -3.44. The van der Waals surface area contributed by atoms with Gasteiger partial charge in [0, 0.05) is 37.4 Å². The van der Waals surface area contributed by atoms with Gasteiger partial charge in [-0.15, -0.1) is 0 Å². The zero-order chi connectivity index (χ0) is 28.0. The molecule has 10 heteroatoms. The number of aliphatic hydroxyl groups is 3. The molecule has 0 heterocycles. The van der Waals surface area contributed by atoms with Crippen LogP contribution < -0.4 is 5.32 Å². The molecule has 0 amide bonds. The van der Waals surface area contributed by atoms with E-state index in [1.807, 2.05) is 12.3 Å². The van der Waals surface area contributed by atoms with E-state index in [-0.39, 0.29) is 48.7 Å². The fourth-order valence-corrected chi connectivity index (χ4v) is 5.63. The number of aromatic hydroxyl groups is 1.